The molecule has 0 bridgehead atoms. The molecule has 1 fully saturated rings. The monoisotopic (exact) mass is 343 g/mol. The zero-order valence-corrected chi connectivity index (χ0v) is 14.2. The highest BCUT2D eigenvalue weighted by molar-refractivity contribution is 5.77. The largest absolute Gasteiger partial charge is 0.466 e. The van der Waals surface area contributed by atoms with E-state index in [1.165, 1.54) is 4.80 Å². The van der Waals surface area contributed by atoms with Gasteiger partial charge in [-0.1, -0.05) is 30.3 Å². The van der Waals surface area contributed by atoms with Crippen LogP contribution < -0.4 is 0 Å². The summed E-state index contributed by atoms with van der Waals surface area (Å²) < 4.78 is 5.04. The molecule has 0 aliphatic carbocycles. The van der Waals surface area contributed by atoms with Crippen LogP contribution in [0.5, 0.6) is 0 Å². The summed E-state index contributed by atoms with van der Waals surface area (Å²) in [6, 6.07) is 9.49. The van der Waals surface area contributed by atoms with Gasteiger partial charge >= 0.3 is 5.97 Å². The van der Waals surface area contributed by atoms with Crippen LogP contribution >= 0.6 is 0 Å². The minimum absolute atomic E-state index is 0.0455. The molecule has 1 aliphatic heterocycles. The first-order valence-corrected chi connectivity index (χ1v) is 8.45. The lowest BCUT2D eigenvalue weighted by Crippen LogP contribution is -2.42. The van der Waals surface area contributed by atoms with Gasteiger partial charge in [0.25, 0.3) is 0 Å². The van der Waals surface area contributed by atoms with Crippen molar-refractivity contribution in [3.8, 4) is 11.4 Å². The number of aromatic nitrogens is 4. The number of esters is 1. The van der Waals surface area contributed by atoms with E-state index in [1.54, 1.807) is 11.8 Å². The Labute approximate surface area is 145 Å². The van der Waals surface area contributed by atoms with Crippen molar-refractivity contribution < 1.29 is 14.3 Å². The van der Waals surface area contributed by atoms with Crippen LogP contribution in [0.15, 0.2) is 30.3 Å². The summed E-state index contributed by atoms with van der Waals surface area (Å²) in [5, 5.41) is 12.2. The Kier molecular flexibility index (Phi) is 5.37. The van der Waals surface area contributed by atoms with E-state index in [2.05, 4.69) is 15.4 Å². The molecule has 2 aromatic rings. The van der Waals surface area contributed by atoms with E-state index in [-0.39, 0.29) is 24.3 Å². The third kappa shape index (κ3) is 4.20. The predicted octanol–water partition coefficient (Wildman–Crippen LogP) is 1.14. The van der Waals surface area contributed by atoms with E-state index in [4.69, 9.17) is 4.74 Å². The van der Waals surface area contributed by atoms with E-state index in [1.807, 2.05) is 30.3 Å². The van der Waals surface area contributed by atoms with Crippen molar-refractivity contribution in [2.45, 2.75) is 26.3 Å². The van der Waals surface area contributed by atoms with E-state index in [0.717, 1.165) is 5.56 Å². The average Bonchev–Trinajstić information content (AvgIpc) is 3.11. The van der Waals surface area contributed by atoms with E-state index in [9.17, 15) is 9.59 Å². The minimum atomic E-state index is -0.167. The van der Waals surface area contributed by atoms with Gasteiger partial charge in [0.1, 0.15) is 6.54 Å². The van der Waals surface area contributed by atoms with Crippen LogP contribution in [0, 0.1) is 5.92 Å². The summed E-state index contributed by atoms with van der Waals surface area (Å²) >= 11 is 0. The third-order valence-electron chi connectivity index (χ3n) is 4.23. The van der Waals surface area contributed by atoms with Crippen molar-refractivity contribution in [1.82, 2.24) is 25.1 Å². The van der Waals surface area contributed by atoms with Crippen molar-refractivity contribution in [1.29, 1.82) is 0 Å². The van der Waals surface area contributed by atoms with Crippen LogP contribution in [0.3, 0.4) is 0 Å². The Balaban J connectivity index is 1.54. The first kappa shape index (κ1) is 17.1. The number of piperidine rings is 1. The van der Waals surface area contributed by atoms with Crippen LogP contribution in [0.1, 0.15) is 19.8 Å². The zero-order valence-electron chi connectivity index (χ0n) is 14.2. The molecule has 132 valence electrons. The molecule has 0 spiro atoms. The summed E-state index contributed by atoms with van der Waals surface area (Å²) in [5.74, 6) is 0.145. The quantitative estimate of drug-likeness (QED) is 0.756. The lowest BCUT2D eigenvalue weighted by molar-refractivity contribution is -0.151. The van der Waals surface area contributed by atoms with Gasteiger partial charge in [0.2, 0.25) is 11.7 Å². The molecule has 0 unspecified atom stereocenters. The summed E-state index contributed by atoms with van der Waals surface area (Å²) in [4.78, 5) is 27.2. The van der Waals surface area contributed by atoms with Gasteiger partial charge in [-0.2, -0.15) is 4.80 Å². The number of amides is 1. The summed E-state index contributed by atoms with van der Waals surface area (Å²) in [6.45, 7) is 3.32. The highest BCUT2D eigenvalue weighted by Gasteiger charge is 2.28. The number of hydrogen-bond acceptors (Lipinski definition) is 6. The van der Waals surface area contributed by atoms with Crippen LogP contribution in [-0.2, 0) is 20.9 Å². The van der Waals surface area contributed by atoms with Gasteiger partial charge < -0.3 is 9.64 Å². The van der Waals surface area contributed by atoms with Crippen molar-refractivity contribution in [3.63, 3.8) is 0 Å². The van der Waals surface area contributed by atoms with Gasteiger partial charge in [-0.05, 0) is 25.0 Å². The van der Waals surface area contributed by atoms with E-state index in [0.29, 0.717) is 38.4 Å². The molecule has 2 heterocycles. The summed E-state index contributed by atoms with van der Waals surface area (Å²) in [5.41, 5.74) is 0.858. The van der Waals surface area contributed by atoms with Crippen molar-refractivity contribution in [3.05, 3.63) is 30.3 Å². The van der Waals surface area contributed by atoms with Crippen LogP contribution in [0.4, 0.5) is 0 Å². The molecule has 25 heavy (non-hydrogen) atoms. The van der Waals surface area contributed by atoms with Gasteiger partial charge in [0.15, 0.2) is 0 Å². The first-order chi connectivity index (χ1) is 12.2. The molecule has 3 rings (SSSR count). The van der Waals surface area contributed by atoms with Gasteiger partial charge in [-0.25, -0.2) is 0 Å². The Morgan fingerprint density at radius 2 is 1.92 bits per heavy atom. The Hall–Kier alpha value is -2.77. The number of carbonyl (C=O) groups excluding carboxylic acids is 2. The lowest BCUT2D eigenvalue weighted by Gasteiger charge is -2.30. The van der Waals surface area contributed by atoms with Gasteiger partial charge in [0, 0.05) is 18.7 Å². The highest BCUT2D eigenvalue weighted by atomic mass is 16.5. The number of tetrazole rings is 1. The molecule has 1 aromatic heterocycles. The molecular weight excluding hydrogens is 322 g/mol. The van der Waals surface area contributed by atoms with Crippen molar-refractivity contribution >= 4 is 11.9 Å². The summed E-state index contributed by atoms with van der Waals surface area (Å²) in [6.07, 6.45) is 1.26. The topological polar surface area (TPSA) is 90.2 Å². The molecule has 0 N–H and O–H groups in total. The van der Waals surface area contributed by atoms with Gasteiger partial charge in [-0.3, -0.25) is 9.59 Å². The maximum absolute atomic E-state index is 12.4. The Morgan fingerprint density at radius 1 is 1.20 bits per heavy atom. The molecule has 8 nitrogen and oxygen atoms in total. The van der Waals surface area contributed by atoms with Gasteiger partial charge in [0.05, 0.1) is 12.5 Å². The van der Waals surface area contributed by atoms with Crippen molar-refractivity contribution in [2.75, 3.05) is 19.7 Å². The third-order valence-corrected chi connectivity index (χ3v) is 4.23. The fourth-order valence-electron chi connectivity index (χ4n) is 2.86. The second-order valence-corrected chi connectivity index (χ2v) is 5.92. The molecule has 0 saturated carbocycles. The van der Waals surface area contributed by atoms with Crippen LogP contribution in [0.2, 0.25) is 0 Å². The fraction of sp³-hybridized carbons (Fsp3) is 0.471. The second-order valence-electron chi connectivity index (χ2n) is 5.92. The Morgan fingerprint density at radius 3 is 2.60 bits per heavy atom. The number of hydrogen-bond donors (Lipinski definition) is 0. The van der Waals surface area contributed by atoms with Gasteiger partial charge in [-0.15, -0.1) is 10.2 Å². The smallest absolute Gasteiger partial charge is 0.309 e. The molecular formula is C17H21N5O3. The molecule has 1 saturated heterocycles. The average molecular weight is 343 g/mol. The predicted molar refractivity (Wildman–Crippen MR) is 89.2 cm³/mol. The number of nitrogens with zero attached hydrogens (tertiary/aromatic N) is 5. The normalized spacial score (nSPS) is 15.2. The minimum Gasteiger partial charge on any atom is -0.466 e. The Bertz CT molecular complexity index is 723. The number of ether oxygens (including phenoxy) is 1. The molecule has 1 amide bonds. The van der Waals surface area contributed by atoms with E-state index < -0.39 is 0 Å². The molecule has 8 heteroatoms. The maximum Gasteiger partial charge on any atom is 0.309 e. The number of rotatable bonds is 5. The number of carbonyl (C=O) groups is 2. The highest BCUT2D eigenvalue weighted by Crippen LogP contribution is 2.19. The zero-order chi connectivity index (χ0) is 17.6. The molecule has 0 radical (unpaired) electrons. The fourth-order valence-corrected chi connectivity index (χ4v) is 2.86. The molecule has 1 aliphatic rings. The van der Waals surface area contributed by atoms with Crippen LogP contribution in [0.25, 0.3) is 11.4 Å². The molecule has 1 aromatic carbocycles. The van der Waals surface area contributed by atoms with Crippen LogP contribution in [-0.4, -0.2) is 56.7 Å². The first-order valence-electron chi connectivity index (χ1n) is 8.45. The number of benzene rings is 1. The second kappa shape index (κ2) is 7.87. The van der Waals surface area contributed by atoms with Crippen molar-refractivity contribution in [2.24, 2.45) is 5.92 Å². The summed E-state index contributed by atoms with van der Waals surface area (Å²) in [7, 11) is 0. The molecule has 0 atom stereocenters. The van der Waals surface area contributed by atoms with E-state index >= 15 is 0 Å². The maximum atomic E-state index is 12.4. The lowest BCUT2D eigenvalue weighted by atomic mass is 9.97. The SMILES string of the molecule is CCOC(=O)C1CCN(C(=O)Cn2nnc(-c3ccccc3)n2)CC1. The number of likely N-dealkylation sites (tertiary alicyclic amines) is 1. The standard InChI is InChI=1S/C17H21N5O3/c1-2-25-17(24)14-8-10-21(11-9-14)15(23)12-22-19-16(18-20-22)13-6-4-3-5-7-13/h3-7,14H,2,8-12H2,1H3.